The van der Waals surface area contributed by atoms with Crippen molar-refractivity contribution in [3.05, 3.63) is 53.9 Å². The highest BCUT2D eigenvalue weighted by Gasteiger charge is 2.27. The molecule has 1 aliphatic rings. The second-order valence-electron chi connectivity index (χ2n) is 5.93. The summed E-state index contributed by atoms with van der Waals surface area (Å²) in [5.41, 5.74) is 3.28. The van der Waals surface area contributed by atoms with Crippen LogP contribution < -0.4 is 4.74 Å². The van der Waals surface area contributed by atoms with E-state index in [4.69, 9.17) is 4.74 Å². The number of hydrogen-bond donors (Lipinski definition) is 0. The fourth-order valence-electron chi connectivity index (χ4n) is 3.04. The number of aromatic nitrogens is 4. The molecular weight excluding hydrogens is 306 g/mol. The zero-order valence-electron chi connectivity index (χ0n) is 13.3. The fourth-order valence-corrected chi connectivity index (χ4v) is 3.04. The number of carbonyl (C=O) groups is 1. The van der Waals surface area contributed by atoms with E-state index in [1.54, 1.807) is 17.0 Å². The van der Waals surface area contributed by atoms with Gasteiger partial charge in [-0.1, -0.05) is 24.3 Å². The number of nitrogens with zero attached hydrogens (tertiary/aromatic N) is 5. The first kappa shape index (κ1) is 14.6. The topological polar surface area (TPSA) is 72.6 Å². The van der Waals surface area contributed by atoms with Gasteiger partial charge < -0.3 is 9.64 Å². The Kier molecular flexibility index (Phi) is 3.60. The molecule has 1 amide bonds. The molecule has 1 aromatic carbocycles. The lowest BCUT2D eigenvalue weighted by molar-refractivity contribution is -0.134. The zero-order chi connectivity index (χ0) is 16.5. The van der Waals surface area contributed by atoms with Gasteiger partial charge in [0, 0.05) is 19.2 Å². The van der Waals surface area contributed by atoms with E-state index in [-0.39, 0.29) is 18.6 Å². The fraction of sp³-hybridized carbons (Fsp3) is 0.294. The van der Waals surface area contributed by atoms with Gasteiger partial charge in [0.05, 0.1) is 0 Å². The maximum Gasteiger partial charge on any atom is 0.260 e. The van der Waals surface area contributed by atoms with Crippen LogP contribution in [0.2, 0.25) is 0 Å². The molecule has 122 valence electrons. The summed E-state index contributed by atoms with van der Waals surface area (Å²) < 4.78 is 7.04. The lowest BCUT2D eigenvalue weighted by Gasteiger charge is -2.24. The Morgan fingerprint density at radius 1 is 1.25 bits per heavy atom. The third-order valence-electron chi connectivity index (χ3n) is 4.45. The molecule has 7 heteroatoms. The highest BCUT2D eigenvalue weighted by Crippen LogP contribution is 2.24. The first-order valence-corrected chi connectivity index (χ1v) is 7.83. The quantitative estimate of drug-likeness (QED) is 0.720. The highest BCUT2D eigenvalue weighted by atomic mass is 16.5. The number of ether oxygens (including phenoxy) is 1. The van der Waals surface area contributed by atoms with E-state index < -0.39 is 0 Å². The van der Waals surface area contributed by atoms with Crippen molar-refractivity contribution in [2.75, 3.05) is 13.7 Å². The Balaban J connectivity index is 1.37. The average molecular weight is 323 g/mol. The predicted molar refractivity (Wildman–Crippen MR) is 86.7 cm³/mol. The van der Waals surface area contributed by atoms with Crippen molar-refractivity contribution in [3.8, 4) is 5.88 Å². The van der Waals surface area contributed by atoms with Crippen LogP contribution in [0.25, 0.3) is 5.65 Å². The Bertz CT molecular complexity index is 866. The first-order valence-electron chi connectivity index (χ1n) is 7.83. The smallest absolute Gasteiger partial charge is 0.260 e. The lowest BCUT2D eigenvalue weighted by atomic mass is 10.1. The van der Waals surface area contributed by atoms with Crippen LogP contribution in [0.1, 0.15) is 11.1 Å². The number of likely N-dealkylation sites (N-methyl/N-ethyl adjacent to an activating group) is 1. The summed E-state index contributed by atoms with van der Waals surface area (Å²) in [5.74, 6) is 0.317. The monoisotopic (exact) mass is 323 g/mol. The summed E-state index contributed by atoms with van der Waals surface area (Å²) in [6.07, 6.45) is 3.28. The van der Waals surface area contributed by atoms with Gasteiger partial charge in [-0.05, 0) is 30.0 Å². The third-order valence-corrected chi connectivity index (χ3v) is 4.45. The molecule has 0 spiro atoms. The maximum atomic E-state index is 12.4. The van der Waals surface area contributed by atoms with Gasteiger partial charge >= 0.3 is 0 Å². The van der Waals surface area contributed by atoms with Gasteiger partial charge in [-0.15, -0.1) is 15.3 Å². The van der Waals surface area contributed by atoms with Gasteiger partial charge in [-0.3, -0.25) is 4.79 Å². The van der Waals surface area contributed by atoms with Gasteiger partial charge in [0.1, 0.15) is 6.33 Å². The van der Waals surface area contributed by atoms with Crippen molar-refractivity contribution >= 4 is 11.6 Å². The van der Waals surface area contributed by atoms with Crippen LogP contribution in [0.3, 0.4) is 0 Å². The molecule has 0 saturated carbocycles. The molecule has 2 aromatic heterocycles. The number of hydrogen-bond acceptors (Lipinski definition) is 5. The molecule has 0 N–H and O–H groups in total. The molecule has 0 aliphatic heterocycles. The van der Waals surface area contributed by atoms with Crippen molar-refractivity contribution in [2.45, 2.75) is 18.9 Å². The molecule has 7 nitrogen and oxygen atoms in total. The summed E-state index contributed by atoms with van der Waals surface area (Å²) in [4.78, 5) is 14.2. The molecule has 0 atom stereocenters. The van der Waals surface area contributed by atoms with Crippen molar-refractivity contribution in [1.29, 1.82) is 0 Å². The number of fused-ring (bicyclic) bond motifs is 2. The summed E-state index contributed by atoms with van der Waals surface area (Å²) in [6, 6.07) is 12.0. The molecule has 0 unspecified atom stereocenters. The van der Waals surface area contributed by atoms with Crippen LogP contribution in [0.4, 0.5) is 0 Å². The van der Waals surface area contributed by atoms with E-state index in [1.165, 1.54) is 22.0 Å². The number of benzene rings is 1. The van der Waals surface area contributed by atoms with Crippen molar-refractivity contribution < 1.29 is 9.53 Å². The van der Waals surface area contributed by atoms with Crippen LogP contribution in [-0.2, 0) is 17.6 Å². The standard InChI is InChI=1S/C17H17N5O2/c1-21(14-8-12-4-2-3-5-13(12)9-14)17(23)10-24-16-7-6-15-19-18-11-22(15)20-16/h2-7,11,14H,8-10H2,1H3. The Labute approximate surface area is 138 Å². The Morgan fingerprint density at radius 2 is 2.00 bits per heavy atom. The zero-order valence-corrected chi connectivity index (χ0v) is 13.3. The van der Waals surface area contributed by atoms with Gasteiger partial charge in [-0.25, -0.2) is 0 Å². The molecule has 24 heavy (non-hydrogen) atoms. The number of amides is 1. The normalized spacial score (nSPS) is 13.9. The summed E-state index contributed by atoms with van der Waals surface area (Å²) in [7, 11) is 1.83. The van der Waals surface area contributed by atoms with Gasteiger partial charge in [0.25, 0.3) is 5.91 Å². The van der Waals surface area contributed by atoms with Crippen molar-refractivity contribution in [1.82, 2.24) is 24.7 Å². The maximum absolute atomic E-state index is 12.4. The summed E-state index contributed by atoms with van der Waals surface area (Å²) in [5, 5.41) is 11.8. The van der Waals surface area contributed by atoms with Gasteiger partial charge in [0.15, 0.2) is 12.3 Å². The highest BCUT2D eigenvalue weighted by molar-refractivity contribution is 5.78. The second-order valence-corrected chi connectivity index (χ2v) is 5.93. The molecule has 0 saturated heterocycles. The molecular formula is C17H17N5O2. The van der Waals surface area contributed by atoms with Gasteiger partial charge in [0.2, 0.25) is 5.88 Å². The van der Waals surface area contributed by atoms with E-state index >= 15 is 0 Å². The number of rotatable bonds is 4. The van der Waals surface area contributed by atoms with Crippen molar-refractivity contribution in [3.63, 3.8) is 0 Å². The minimum atomic E-state index is -0.0570. The number of carbonyl (C=O) groups excluding carboxylic acids is 1. The summed E-state index contributed by atoms with van der Waals surface area (Å²) in [6.45, 7) is -0.0377. The summed E-state index contributed by atoms with van der Waals surface area (Å²) >= 11 is 0. The molecule has 1 aliphatic carbocycles. The molecule has 3 aromatic rings. The van der Waals surface area contributed by atoms with Crippen LogP contribution >= 0.6 is 0 Å². The lowest BCUT2D eigenvalue weighted by Crippen LogP contribution is -2.40. The van der Waals surface area contributed by atoms with E-state index in [0.29, 0.717) is 11.5 Å². The third kappa shape index (κ3) is 2.68. The average Bonchev–Trinajstić information content (AvgIpc) is 3.24. The van der Waals surface area contributed by atoms with E-state index in [1.807, 2.05) is 19.2 Å². The molecule has 0 fully saturated rings. The Hall–Kier alpha value is -2.96. The predicted octanol–water partition coefficient (Wildman–Crippen LogP) is 1.13. The second kappa shape index (κ2) is 5.92. The minimum Gasteiger partial charge on any atom is -0.467 e. The minimum absolute atomic E-state index is 0.0377. The van der Waals surface area contributed by atoms with Crippen LogP contribution in [0, 0.1) is 0 Å². The Morgan fingerprint density at radius 3 is 2.75 bits per heavy atom. The first-order chi connectivity index (χ1) is 11.7. The van der Waals surface area contributed by atoms with Crippen LogP contribution in [-0.4, -0.2) is 50.3 Å². The van der Waals surface area contributed by atoms with E-state index in [9.17, 15) is 4.79 Å². The van der Waals surface area contributed by atoms with Crippen LogP contribution in [0.5, 0.6) is 5.88 Å². The van der Waals surface area contributed by atoms with Gasteiger partial charge in [-0.2, -0.15) is 4.52 Å². The molecule has 0 radical (unpaired) electrons. The van der Waals surface area contributed by atoms with Crippen LogP contribution in [0.15, 0.2) is 42.7 Å². The van der Waals surface area contributed by atoms with E-state index in [2.05, 4.69) is 27.4 Å². The molecule has 4 rings (SSSR count). The molecule has 0 bridgehead atoms. The largest absolute Gasteiger partial charge is 0.467 e. The molecule has 2 heterocycles. The van der Waals surface area contributed by atoms with E-state index in [0.717, 1.165) is 12.8 Å². The van der Waals surface area contributed by atoms with Crippen molar-refractivity contribution in [2.24, 2.45) is 0 Å². The SMILES string of the molecule is CN(C(=O)COc1ccc2nncn2n1)C1Cc2ccccc2C1.